The molecule has 0 unspecified atom stereocenters. The molecule has 3 heteroatoms. The first-order chi connectivity index (χ1) is 7.38. The van der Waals surface area contributed by atoms with Gasteiger partial charge in [-0.05, 0) is 13.0 Å². The molecular formula is C13H18N2S. The summed E-state index contributed by atoms with van der Waals surface area (Å²) < 4.78 is 2.20. The Labute approximate surface area is 101 Å². The first-order valence-electron chi connectivity index (χ1n) is 5.47. The van der Waals surface area contributed by atoms with E-state index in [1.54, 1.807) is 11.3 Å². The molecule has 2 rings (SSSR count). The summed E-state index contributed by atoms with van der Waals surface area (Å²) in [7, 11) is 2.10. The van der Waals surface area contributed by atoms with E-state index < -0.39 is 0 Å². The minimum Gasteiger partial charge on any atom is -0.353 e. The zero-order valence-corrected chi connectivity index (χ0v) is 11.4. The van der Waals surface area contributed by atoms with Gasteiger partial charge < -0.3 is 4.57 Å². The highest BCUT2D eigenvalue weighted by Crippen LogP contribution is 2.29. The number of aromatic nitrogens is 2. The SMILES string of the molecule is Cc1nc(-c2cc(C(C)(C)C)n(C)c2)cs1. The van der Waals surface area contributed by atoms with Crippen LogP contribution < -0.4 is 0 Å². The van der Waals surface area contributed by atoms with Crippen LogP contribution >= 0.6 is 11.3 Å². The van der Waals surface area contributed by atoms with Crippen molar-refractivity contribution in [2.75, 3.05) is 0 Å². The largest absolute Gasteiger partial charge is 0.353 e. The van der Waals surface area contributed by atoms with Crippen LogP contribution in [0.4, 0.5) is 0 Å². The highest BCUT2D eigenvalue weighted by Gasteiger charge is 2.19. The van der Waals surface area contributed by atoms with Gasteiger partial charge in [-0.25, -0.2) is 4.98 Å². The average molecular weight is 234 g/mol. The standard InChI is InChI=1S/C13H18N2S/c1-9-14-11(8-16-9)10-6-12(13(2,3)4)15(5)7-10/h6-8H,1-5H3. The second-order valence-electron chi connectivity index (χ2n) is 5.23. The topological polar surface area (TPSA) is 17.8 Å². The molecule has 0 fully saturated rings. The van der Waals surface area contributed by atoms with Crippen molar-refractivity contribution in [1.82, 2.24) is 9.55 Å². The van der Waals surface area contributed by atoms with E-state index in [-0.39, 0.29) is 5.41 Å². The normalized spacial score (nSPS) is 12.1. The van der Waals surface area contributed by atoms with Crippen molar-refractivity contribution in [3.8, 4) is 11.3 Å². The van der Waals surface area contributed by atoms with Crippen LogP contribution in [0.5, 0.6) is 0 Å². The van der Waals surface area contributed by atoms with Crippen molar-refractivity contribution in [2.24, 2.45) is 7.05 Å². The fraction of sp³-hybridized carbons (Fsp3) is 0.462. The second kappa shape index (κ2) is 3.74. The fourth-order valence-corrected chi connectivity index (χ4v) is 2.57. The van der Waals surface area contributed by atoms with Gasteiger partial charge in [-0.1, -0.05) is 20.8 Å². The predicted octanol–water partition coefficient (Wildman–Crippen LogP) is 3.75. The minimum absolute atomic E-state index is 0.179. The third kappa shape index (κ3) is 2.05. The Kier molecular flexibility index (Phi) is 2.66. The monoisotopic (exact) mass is 234 g/mol. The Balaban J connectivity index is 2.46. The predicted molar refractivity (Wildman–Crippen MR) is 70.0 cm³/mol. The molecule has 0 atom stereocenters. The van der Waals surface area contributed by atoms with E-state index >= 15 is 0 Å². The van der Waals surface area contributed by atoms with E-state index in [0.29, 0.717) is 0 Å². The Morgan fingerprint density at radius 2 is 2.00 bits per heavy atom. The van der Waals surface area contributed by atoms with Gasteiger partial charge in [0.15, 0.2) is 0 Å². The summed E-state index contributed by atoms with van der Waals surface area (Å²) in [4.78, 5) is 4.52. The van der Waals surface area contributed by atoms with Crippen LogP contribution in [0.15, 0.2) is 17.6 Å². The number of rotatable bonds is 1. The summed E-state index contributed by atoms with van der Waals surface area (Å²) in [6.45, 7) is 8.75. The van der Waals surface area contributed by atoms with Crippen molar-refractivity contribution < 1.29 is 0 Å². The molecule has 0 N–H and O–H groups in total. The van der Waals surface area contributed by atoms with Gasteiger partial charge in [0.05, 0.1) is 10.7 Å². The molecule has 0 spiro atoms. The van der Waals surface area contributed by atoms with Gasteiger partial charge in [-0.15, -0.1) is 11.3 Å². The van der Waals surface area contributed by atoms with Crippen molar-refractivity contribution in [3.05, 3.63) is 28.3 Å². The van der Waals surface area contributed by atoms with Gasteiger partial charge in [-0.3, -0.25) is 0 Å². The number of thiazole rings is 1. The summed E-state index contributed by atoms with van der Waals surface area (Å²) >= 11 is 1.70. The molecule has 0 aliphatic heterocycles. The molecule has 0 aliphatic rings. The van der Waals surface area contributed by atoms with Crippen molar-refractivity contribution in [1.29, 1.82) is 0 Å². The van der Waals surface area contributed by atoms with Crippen molar-refractivity contribution in [2.45, 2.75) is 33.1 Å². The second-order valence-corrected chi connectivity index (χ2v) is 6.29. The quantitative estimate of drug-likeness (QED) is 0.734. The summed E-state index contributed by atoms with van der Waals surface area (Å²) in [5.74, 6) is 0. The molecule has 0 aliphatic carbocycles. The van der Waals surface area contributed by atoms with E-state index in [9.17, 15) is 0 Å². The zero-order valence-electron chi connectivity index (χ0n) is 10.5. The average Bonchev–Trinajstić information content (AvgIpc) is 2.70. The van der Waals surface area contributed by atoms with Crippen LogP contribution in [0.1, 0.15) is 31.5 Å². The summed E-state index contributed by atoms with van der Waals surface area (Å²) in [6, 6.07) is 2.24. The molecule has 0 saturated heterocycles. The van der Waals surface area contributed by atoms with Crippen LogP contribution in [0.2, 0.25) is 0 Å². The number of hydrogen-bond donors (Lipinski definition) is 0. The Bertz CT molecular complexity index is 500. The molecule has 2 heterocycles. The van der Waals surface area contributed by atoms with Crippen LogP contribution in [0.25, 0.3) is 11.3 Å². The number of nitrogens with zero attached hydrogens (tertiary/aromatic N) is 2. The van der Waals surface area contributed by atoms with Crippen molar-refractivity contribution in [3.63, 3.8) is 0 Å². The molecule has 86 valence electrons. The molecule has 0 aromatic carbocycles. The lowest BCUT2D eigenvalue weighted by Crippen LogP contribution is -2.15. The smallest absolute Gasteiger partial charge is 0.0901 e. The van der Waals surface area contributed by atoms with Crippen LogP contribution in [0, 0.1) is 6.92 Å². The maximum Gasteiger partial charge on any atom is 0.0901 e. The molecule has 2 aromatic rings. The van der Waals surface area contributed by atoms with Gasteiger partial charge >= 0.3 is 0 Å². The molecule has 0 bridgehead atoms. The van der Waals surface area contributed by atoms with Gasteiger partial charge in [0.1, 0.15) is 0 Å². The number of aryl methyl sites for hydroxylation is 2. The maximum atomic E-state index is 4.52. The van der Waals surface area contributed by atoms with Gasteiger partial charge in [-0.2, -0.15) is 0 Å². The van der Waals surface area contributed by atoms with Gasteiger partial charge in [0.25, 0.3) is 0 Å². The van der Waals surface area contributed by atoms with E-state index in [4.69, 9.17) is 0 Å². The van der Waals surface area contributed by atoms with E-state index in [1.807, 2.05) is 6.92 Å². The lowest BCUT2D eigenvalue weighted by Gasteiger charge is -2.19. The first kappa shape index (κ1) is 11.4. The molecule has 0 amide bonds. The lowest BCUT2D eigenvalue weighted by molar-refractivity contribution is 0.543. The van der Waals surface area contributed by atoms with E-state index in [0.717, 1.165) is 10.7 Å². The fourth-order valence-electron chi connectivity index (χ4n) is 1.95. The Morgan fingerprint density at radius 1 is 1.31 bits per heavy atom. The highest BCUT2D eigenvalue weighted by atomic mass is 32.1. The molecule has 2 aromatic heterocycles. The highest BCUT2D eigenvalue weighted by molar-refractivity contribution is 7.09. The Morgan fingerprint density at radius 3 is 2.44 bits per heavy atom. The van der Waals surface area contributed by atoms with E-state index in [2.05, 4.69) is 55.0 Å². The van der Waals surface area contributed by atoms with Crippen molar-refractivity contribution >= 4 is 11.3 Å². The lowest BCUT2D eigenvalue weighted by atomic mass is 9.92. The molecule has 0 saturated carbocycles. The molecule has 2 nitrogen and oxygen atoms in total. The van der Waals surface area contributed by atoms with Gasteiger partial charge in [0.2, 0.25) is 0 Å². The Hall–Kier alpha value is -1.09. The molecular weight excluding hydrogens is 216 g/mol. The first-order valence-corrected chi connectivity index (χ1v) is 6.35. The third-order valence-corrected chi connectivity index (χ3v) is 3.46. The zero-order chi connectivity index (χ0) is 11.9. The minimum atomic E-state index is 0.179. The summed E-state index contributed by atoms with van der Waals surface area (Å²) in [5.41, 5.74) is 3.83. The molecule has 0 radical (unpaired) electrons. The summed E-state index contributed by atoms with van der Waals surface area (Å²) in [6.07, 6.45) is 2.16. The number of hydrogen-bond acceptors (Lipinski definition) is 2. The van der Waals surface area contributed by atoms with E-state index in [1.165, 1.54) is 11.3 Å². The third-order valence-electron chi connectivity index (χ3n) is 2.69. The van der Waals surface area contributed by atoms with Gasteiger partial charge in [0, 0.05) is 35.3 Å². The van der Waals surface area contributed by atoms with Crippen LogP contribution in [-0.2, 0) is 12.5 Å². The van der Waals surface area contributed by atoms with Crippen LogP contribution in [-0.4, -0.2) is 9.55 Å². The van der Waals surface area contributed by atoms with Crippen LogP contribution in [0.3, 0.4) is 0 Å². The summed E-state index contributed by atoms with van der Waals surface area (Å²) in [5, 5.41) is 3.24. The molecule has 16 heavy (non-hydrogen) atoms. The maximum absolute atomic E-state index is 4.52.